The van der Waals surface area contributed by atoms with Gasteiger partial charge in [-0.25, -0.2) is 9.97 Å². The van der Waals surface area contributed by atoms with E-state index in [0.717, 1.165) is 6.33 Å². The number of carbonyl (C=O) groups is 2. The maximum atomic E-state index is 12.1. The van der Waals surface area contributed by atoms with E-state index in [1.54, 1.807) is 6.07 Å². The highest BCUT2D eigenvalue weighted by Crippen LogP contribution is 2.27. The molecule has 1 aromatic carbocycles. The minimum absolute atomic E-state index is 0.248. The van der Waals surface area contributed by atoms with E-state index in [1.807, 2.05) is 0 Å². The highest BCUT2D eigenvalue weighted by atomic mass is 16.6. The van der Waals surface area contributed by atoms with Crippen molar-refractivity contribution in [1.29, 1.82) is 0 Å². The van der Waals surface area contributed by atoms with Crippen LogP contribution in [0.3, 0.4) is 0 Å². The number of nitrogens with zero attached hydrogens (tertiary/aromatic N) is 3. The average molecular weight is 391 g/mol. The Bertz CT molecular complexity index is 904. The third kappa shape index (κ3) is 4.72. The number of rotatable bonds is 8. The number of nitrogen functional groups attached to an aromatic ring is 1. The maximum Gasteiger partial charge on any atom is 0.354 e. The van der Waals surface area contributed by atoms with Crippen LogP contribution >= 0.6 is 0 Å². The Hall–Kier alpha value is -4.16. The van der Waals surface area contributed by atoms with Gasteiger partial charge in [0.2, 0.25) is 11.6 Å². The fourth-order valence-corrected chi connectivity index (χ4v) is 2.08. The van der Waals surface area contributed by atoms with Gasteiger partial charge < -0.3 is 20.5 Å². The Labute approximate surface area is 158 Å². The summed E-state index contributed by atoms with van der Waals surface area (Å²) in [6, 6.07) is 4.51. The van der Waals surface area contributed by atoms with Crippen molar-refractivity contribution in [2.75, 3.05) is 31.9 Å². The molecule has 0 aliphatic rings. The summed E-state index contributed by atoms with van der Waals surface area (Å²) >= 11 is 0. The first-order valence-electron chi connectivity index (χ1n) is 7.67. The van der Waals surface area contributed by atoms with E-state index in [9.17, 15) is 19.7 Å². The number of anilines is 2. The third-order valence-corrected chi connectivity index (χ3v) is 3.41. The van der Waals surface area contributed by atoms with E-state index >= 15 is 0 Å². The molecule has 5 N–H and O–H groups in total. The smallest absolute Gasteiger partial charge is 0.354 e. The van der Waals surface area contributed by atoms with Gasteiger partial charge in [0, 0.05) is 5.56 Å². The lowest BCUT2D eigenvalue weighted by molar-refractivity contribution is -0.383. The Morgan fingerprint density at radius 3 is 2.57 bits per heavy atom. The molecule has 2 amide bonds. The van der Waals surface area contributed by atoms with Crippen molar-refractivity contribution < 1.29 is 24.0 Å². The highest BCUT2D eigenvalue weighted by Gasteiger charge is 2.21. The van der Waals surface area contributed by atoms with Crippen molar-refractivity contribution in [2.45, 2.75) is 0 Å². The van der Waals surface area contributed by atoms with E-state index in [4.69, 9.17) is 15.2 Å². The van der Waals surface area contributed by atoms with Gasteiger partial charge >= 0.3 is 5.69 Å². The zero-order valence-electron chi connectivity index (χ0n) is 14.9. The monoisotopic (exact) mass is 391 g/mol. The number of nitrogens with one attached hydrogen (secondary N) is 3. The van der Waals surface area contributed by atoms with Gasteiger partial charge in [0.15, 0.2) is 11.5 Å². The van der Waals surface area contributed by atoms with Gasteiger partial charge in [-0.05, 0) is 18.2 Å². The summed E-state index contributed by atoms with van der Waals surface area (Å²) < 4.78 is 10.2. The van der Waals surface area contributed by atoms with E-state index in [2.05, 4.69) is 26.1 Å². The fourth-order valence-electron chi connectivity index (χ4n) is 2.08. The molecule has 0 fully saturated rings. The molecule has 1 heterocycles. The molecule has 0 spiro atoms. The van der Waals surface area contributed by atoms with E-state index in [1.165, 1.54) is 26.4 Å². The van der Waals surface area contributed by atoms with Gasteiger partial charge in [0.25, 0.3) is 11.8 Å². The Balaban J connectivity index is 1.94. The quantitative estimate of drug-likeness (QED) is 0.349. The van der Waals surface area contributed by atoms with Crippen LogP contribution < -0.4 is 31.4 Å². The lowest BCUT2D eigenvalue weighted by Gasteiger charge is -2.11. The molecule has 28 heavy (non-hydrogen) atoms. The molecule has 0 radical (unpaired) electrons. The summed E-state index contributed by atoms with van der Waals surface area (Å²) in [4.78, 5) is 41.3. The van der Waals surface area contributed by atoms with Crippen molar-refractivity contribution in [3.05, 3.63) is 40.2 Å². The van der Waals surface area contributed by atoms with Crippen molar-refractivity contribution in [1.82, 2.24) is 20.7 Å². The molecule has 2 aromatic rings. The number of hydrogen-bond donors (Lipinski definition) is 4. The number of ether oxygens (including phenoxy) is 2. The van der Waals surface area contributed by atoms with Gasteiger partial charge in [-0.1, -0.05) is 0 Å². The van der Waals surface area contributed by atoms with Crippen LogP contribution in [0.5, 0.6) is 11.5 Å². The molecule has 0 aliphatic heterocycles. The first-order valence-corrected chi connectivity index (χ1v) is 7.67. The minimum Gasteiger partial charge on any atom is -0.493 e. The molecule has 1 aromatic heterocycles. The molecule has 0 saturated carbocycles. The van der Waals surface area contributed by atoms with Crippen LogP contribution in [0.1, 0.15) is 10.4 Å². The zero-order chi connectivity index (χ0) is 20.7. The molecule has 2 rings (SSSR count). The summed E-state index contributed by atoms with van der Waals surface area (Å²) in [6.07, 6.45) is 0.996. The lowest BCUT2D eigenvalue weighted by Crippen LogP contribution is -2.39. The number of hydrazine groups is 1. The van der Waals surface area contributed by atoms with Gasteiger partial charge in [-0.3, -0.25) is 30.6 Å². The third-order valence-electron chi connectivity index (χ3n) is 3.41. The van der Waals surface area contributed by atoms with Gasteiger partial charge in [-0.15, -0.1) is 0 Å². The average Bonchev–Trinajstić information content (AvgIpc) is 2.69. The number of amides is 2. The van der Waals surface area contributed by atoms with Gasteiger partial charge in [0.1, 0.15) is 6.33 Å². The Kier molecular flexibility index (Phi) is 6.46. The zero-order valence-corrected chi connectivity index (χ0v) is 14.9. The maximum absolute atomic E-state index is 12.1. The summed E-state index contributed by atoms with van der Waals surface area (Å²) in [5.41, 5.74) is 9.52. The standard InChI is InChI=1S/C15H17N7O6/c1-27-9-4-3-8(5-10(9)28-2)15(24)17-6-11(23)20-21-14-12(22(25)26)13(16)18-7-19-14/h3-5,7H,6H2,1-2H3,(H,17,24)(H,20,23)(H3,16,18,19,21). The molecular weight excluding hydrogens is 374 g/mol. The van der Waals surface area contributed by atoms with Crippen LogP contribution in [0.4, 0.5) is 17.3 Å². The summed E-state index contributed by atoms with van der Waals surface area (Å²) in [5.74, 6) is -1.06. The predicted octanol–water partition coefficient (Wildman–Crippen LogP) is -0.143. The van der Waals surface area contributed by atoms with Crippen LogP contribution in [0, 0.1) is 10.1 Å². The molecule has 13 heteroatoms. The van der Waals surface area contributed by atoms with Crippen LogP contribution in [-0.2, 0) is 4.79 Å². The Morgan fingerprint density at radius 2 is 1.93 bits per heavy atom. The van der Waals surface area contributed by atoms with Crippen LogP contribution in [0.25, 0.3) is 0 Å². The second kappa shape index (κ2) is 8.98. The Morgan fingerprint density at radius 1 is 1.21 bits per heavy atom. The number of nitrogens with two attached hydrogens (primary N) is 1. The fraction of sp³-hybridized carbons (Fsp3) is 0.200. The topological polar surface area (TPSA) is 184 Å². The van der Waals surface area contributed by atoms with E-state index < -0.39 is 29.0 Å². The summed E-state index contributed by atoms with van der Waals surface area (Å²) in [7, 11) is 2.89. The predicted molar refractivity (Wildman–Crippen MR) is 96.7 cm³/mol. The first kappa shape index (κ1) is 20.2. The molecule has 0 atom stereocenters. The largest absolute Gasteiger partial charge is 0.493 e. The van der Waals surface area contributed by atoms with Crippen LogP contribution in [0.2, 0.25) is 0 Å². The molecule has 0 aliphatic carbocycles. The molecule has 0 saturated heterocycles. The van der Waals surface area contributed by atoms with Gasteiger partial charge in [0.05, 0.1) is 25.7 Å². The number of hydrogen-bond acceptors (Lipinski definition) is 10. The van der Waals surface area contributed by atoms with E-state index in [-0.39, 0.29) is 17.2 Å². The SMILES string of the molecule is COc1ccc(C(=O)NCC(=O)NNc2ncnc(N)c2[N+](=O)[O-])cc1OC. The molecule has 13 nitrogen and oxygen atoms in total. The molecular formula is C15H17N7O6. The number of carbonyl (C=O) groups excluding carboxylic acids is 2. The number of nitro groups is 1. The van der Waals surface area contributed by atoms with Crippen molar-refractivity contribution in [3.63, 3.8) is 0 Å². The minimum atomic E-state index is -0.789. The van der Waals surface area contributed by atoms with Gasteiger partial charge in [-0.2, -0.15) is 0 Å². The van der Waals surface area contributed by atoms with Crippen molar-refractivity contribution in [3.8, 4) is 11.5 Å². The summed E-state index contributed by atoms with van der Waals surface area (Å²) in [6.45, 7) is -0.408. The van der Waals surface area contributed by atoms with Crippen molar-refractivity contribution in [2.24, 2.45) is 0 Å². The van der Waals surface area contributed by atoms with Crippen molar-refractivity contribution >= 4 is 29.1 Å². The second-order valence-corrected chi connectivity index (χ2v) is 5.14. The highest BCUT2D eigenvalue weighted by molar-refractivity contribution is 5.97. The summed E-state index contributed by atoms with van der Waals surface area (Å²) in [5, 5.41) is 13.4. The van der Waals surface area contributed by atoms with Crippen LogP contribution in [-0.4, -0.2) is 47.5 Å². The molecule has 0 bridgehead atoms. The number of methoxy groups -OCH3 is 2. The van der Waals surface area contributed by atoms with E-state index in [0.29, 0.717) is 11.5 Å². The molecule has 148 valence electrons. The molecule has 0 unspecified atom stereocenters. The first-order chi connectivity index (χ1) is 13.4. The second-order valence-electron chi connectivity index (χ2n) is 5.14. The number of benzene rings is 1. The lowest BCUT2D eigenvalue weighted by atomic mass is 10.2. The normalized spacial score (nSPS) is 9.93. The number of aromatic nitrogens is 2. The van der Waals surface area contributed by atoms with Crippen LogP contribution in [0.15, 0.2) is 24.5 Å².